The Balaban J connectivity index is 2.73. The fourth-order valence-electron chi connectivity index (χ4n) is 0.961. The molecule has 0 aliphatic heterocycles. The second-order valence-electron chi connectivity index (χ2n) is 2.96. The first-order chi connectivity index (χ1) is 7.28. The Hall–Kier alpha value is -1.43. The molecule has 0 unspecified atom stereocenters. The van der Waals surface area contributed by atoms with Crippen molar-refractivity contribution in [2.24, 2.45) is 0 Å². The Morgan fingerprint density at radius 2 is 2.00 bits per heavy atom. The first-order valence-electron chi connectivity index (χ1n) is 4.08. The molecule has 0 aromatic heterocycles. The maximum Gasteiger partial charge on any atom is 0.422 e. The summed E-state index contributed by atoms with van der Waals surface area (Å²) in [5.41, 5.74) is 5.42. The van der Waals surface area contributed by atoms with Gasteiger partial charge in [-0.05, 0) is 18.2 Å². The Labute approximate surface area is 93.9 Å². The molecular formula is C9H7ClF3NO2. The molecule has 16 heavy (non-hydrogen) atoms. The van der Waals surface area contributed by atoms with Gasteiger partial charge < -0.3 is 10.5 Å². The third-order valence-corrected chi connectivity index (χ3v) is 1.74. The number of rotatable bonds is 2. The van der Waals surface area contributed by atoms with Crippen LogP contribution in [0.3, 0.4) is 0 Å². The number of hydrogen-bond donors (Lipinski definition) is 1. The number of carbonyl (C=O) groups is 1. The topological polar surface area (TPSA) is 52.3 Å². The van der Waals surface area contributed by atoms with Crippen molar-refractivity contribution >= 4 is 23.3 Å². The van der Waals surface area contributed by atoms with E-state index in [0.29, 0.717) is 0 Å². The zero-order valence-electron chi connectivity index (χ0n) is 7.84. The van der Waals surface area contributed by atoms with Crippen LogP contribution in [0.5, 0.6) is 0 Å². The number of anilines is 1. The minimum atomic E-state index is -4.56. The molecular weight excluding hydrogens is 247 g/mol. The van der Waals surface area contributed by atoms with Crippen molar-refractivity contribution in [2.75, 3.05) is 12.3 Å². The molecule has 0 atom stereocenters. The molecule has 7 heteroatoms. The predicted octanol–water partition coefficient (Wildman–Crippen LogP) is 2.64. The molecule has 1 aromatic carbocycles. The molecule has 1 aromatic rings. The van der Waals surface area contributed by atoms with E-state index in [4.69, 9.17) is 17.3 Å². The van der Waals surface area contributed by atoms with Gasteiger partial charge in [-0.1, -0.05) is 11.6 Å². The van der Waals surface area contributed by atoms with Gasteiger partial charge in [0.05, 0.1) is 5.56 Å². The third kappa shape index (κ3) is 3.98. The first kappa shape index (κ1) is 12.6. The van der Waals surface area contributed by atoms with Crippen molar-refractivity contribution in [2.45, 2.75) is 6.18 Å². The van der Waals surface area contributed by atoms with Gasteiger partial charge in [0, 0.05) is 10.7 Å². The minimum Gasteiger partial charge on any atom is -0.452 e. The van der Waals surface area contributed by atoms with Crippen molar-refractivity contribution in [3.05, 3.63) is 28.8 Å². The lowest BCUT2D eigenvalue weighted by molar-refractivity contribution is -0.161. The van der Waals surface area contributed by atoms with Gasteiger partial charge in [0.1, 0.15) is 0 Å². The van der Waals surface area contributed by atoms with E-state index in [2.05, 4.69) is 4.74 Å². The van der Waals surface area contributed by atoms with Crippen molar-refractivity contribution in [1.29, 1.82) is 0 Å². The molecule has 0 aliphatic carbocycles. The summed E-state index contributed by atoms with van der Waals surface area (Å²) in [5.74, 6) is -1.12. The molecule has 0 aliphatic rings. The van der Waals surface area contributed by atoms with Crippen LogP contribution in [0, 0.1) is 0 Å². The average molecular weight is 254 g/mol. The van der Waals surface area contributed by atoms with Crippen LogP contribution in [0.1, 0.15) is 10.4 Å². The van der Waals surface area contributed by atoms with Crippen LogP contribution in [0.25, 0.3) is 0 Å². The summed E-state index contributed by atoms with van der Waals surface area (Å²) in [6, 6.07) is 3.73. The monoisotopic (exact) mass is 253 g/mol. The second kappa shape index (κ2) is 4.61. The molecule has 3 nitrogen and oxygen atoms in total. The Bertz CT molecular complexity index is 386. The summed E-state index contributed by atoms with van der Waals surface area (Å²) >= 11 is 5.57. The number of esters is 1. The molecule has 0 heterocycles. The van der Waals surface area contributed by atoms with Gasteiger partial charge in [0.15, 0.2) is 6.61 Å². The van der Waals surface area contributed by atoms with Crippen molar-refractivity contribution in [3.8, 4) is 0 Å². The molecule has 88 valence electrons. The lowest BCUT2D eigenvalue weighted by Crippen LogP contribution is -2.20. The minimum absolute atomic E-state index is 0.116. The molecule has 0 saturated heterocycles. The average Bonchev–Trinajstić information content (AvgIpc) is 2.11. The van der Waals surface area contributed by atoms with E-state index in [1.807, 2.05) is 0 Å². The second-order valence-corrected chi connectivity index (χ2v) is 3.40. The highest BCUT2D eigenvalue weighted by molar-refractivity contribution is 6.31. The number of ether oxygens (including phenoxy) is 1. The smallest absolute Gasteiger partial charge is 0.422 e. The van der Waals surface area contributed by atoms with E-state index >= 15 is 0 Å². The van der Waals surface area contributed by atoms with Gasteiger partial charge >= 0.3 is 12.1 Å². The zero-order chi connectivity index (χ0) is 12.3. The van der Waals surface area contributed by atoms with Gasteiger partial charge in [0.25, 0.3) is 0 Å². The molecule has 2 N–H and O–H groups in total. The fourth-order valence-corrected chi connectivity index (χ4v) is 1.20. The summed E-state index contributed by atoms with van der Waals surface area (Å²) in [4.78, 5) is 11.2. The predicted molar refractivity (Wildman–Crippen MR) is 52.2 cm³/mol. The SMILES string of the molecule is Nc1cc(Cl)cc(C(=O)OCC(F)(F)F)c1. The van der Waals surface area contributed by atoms with Crippen LogP contribution >= 0.6 is 11.6 Å². The number of alkyl halides is 3. The molecule has 0 saturated carbocycles. The number of halogens is 4. The first-order valence-corrected chi connectivity index (χ1v) is 4.46. The third-order valence-electron chi connectivity index (χ3n) is 1.52. The lowest BCUT2D eigenvalue weighted by Gasteiger charge is -2.08. The number of benzene rings is 1. The van der Waals surface area contributed by atoms with Gasteiger partial charge in [-0.2, -0.15) is 13.2 Å². The maximum absolute atomic E-state index is 11.8. The molecule has 0 radical (unpaired) electrons. The molecule has 0 bridgehead atoms. The normalized spacial score (nSPS) is 11.2. The van der Waals surface area contributed by atoms with Crippen LogP contribution in [0.4, 0.5) is 18.9 Å². The highest BCUT2D eigenvalue weighted by atomic mass is 35.5. The number of nitrogen functional groups attached to an aromatic ring is 1. The van der Waals surface area contributed by atoms with Crippen LogP contribution in [0.15, 0.2) is 18.2 Å². The number of nitrogens with two attached hydrogens (primary N) is 1. The molecule has 0 fully saturated rings. The summed E-state index contributed by atoms with van der Waals surface area (Å²) in [6.07, 6.45) is -4.56. The van der Waals surface area contributed by atoms with Crippen LogP contribution in [-0.2, 0) is 4.74 Å². The van der Waals surface area contributed by atoms with Gasteiger partial charge in [-0.15, -0.1) is 0 Å². The van der Waals surface area contributed by atoms with Crippen molar-refractivity contribution in [3.63, 3.8) is 0 Å². The Morgan fingerprint density at radius 1 is 1.38 bits per heavy atom. The fraction of sp³-hybridized carbons (Fsp3) is 0.222. The summed E-state index contributed by atoms with van der Waals surface area (Å²) in [6.45, 7) is -1.64. The van der Waals surface area contributed by atoms with Gasteiger partial charge in [0.2, 0.25) is 0 Å². The van der Waals surface area contributed by atoms with Crippen molar-refractivity contribution in [1.82, 2.24) is 0 Å². The van der Waals surface area contributed by atoms with Gasteiger partial charge in [-0.3, -0.25) is 0 Å². The van der Waals surface area contributed by atoms with E-state index in [-0.39, 0.29) is 16.3 Å². The van der Waals surface area contributed by atoms with Crippen molar-refractivity contribution < 1.29 is 22.7 Å². The largest absolute Gasteiger partial charge is 0.452 e. The van der Waals surface area contributed by atoms with E-state index < -0.39 is 18.8 Å². The quantitative estimate of drug-likeness (QED) is 0.651. The number of carbonyl (C=O) groups excluding carboxylic acids is 1. The van der Waals surface area contributed by atoms with E-state index in [1.165, 1.54) is 18.2 Å². The summed E-state index contributed by atoms with van der Waals surface area (Å²) in [5, 5.41) is 0.152. The van der Waals surface area contributed by atoms with E-state index in [9.17, 15) is 18.0 Å². The Morgan fingerprint density at radius 3 is 2.50 bits per heavy atom. The standard InChI is InChI=1S/C9H7ClF3NO2/c10-6-1-5(2-7(14)3-6)8(15)16-4-9(11,12)13/h1-3H,4,14H2. The summed E-state index contributed by atoms with van der Waals surface area (Å²) < 4.78 is 39.3. The molecule has 1 rings (SSSR count). The van der Waals surface area contributed by atoms with Crippen LogP contribution in [0.2, 0.25) is 5.02 Å². The lowest BCUT2D eigenvalue weighted by atomic mass is 10.2. The van der Waals surface area contributed by atoms with Gasteiger partial charge in [-0.25, -0.2) is 4.79 Å². The van der Waals surface area contributed by atoms with Crippen LogP contribution in [-0.4, -0.2) is 18.8 Å². The number of hydrogen-bond acceptors (Lipinski definition) is 3. The van der Waals surface area contributed by atoms with E-state index in [0.717, 1.165) is 0 Å². The highest BCUT2D eigenvalue weighted by Crippen LogP contribution is 2.19. The molecule has 0 amide bonds. The zero-order valence-corrected chi connectivity index (χ0v) is 8.60. The Kier molecular flexibility index (Phi) is 3.64. The molecule has 0 spiro atoms. The summed E-state index contributed by atoms with van der Waals surface area (Å²) in [7, 11) is 0. The maximum atomic E-state index is 11.8. The van der Waals surface area contributed by atoms with Crippen LogP contribution < -0.4 is 5.73 Å². The highest BCUT2D eigenvalue weighted by Gasteiger charge is 2.29. The van der Waals surface area contributed by atoms with E-state index in [1.54, 1.807) is 0 Å².